The van der Waals surface area contributed by atoms with E-state index in [9.17, 15) is 4.79 Å². The summed E-state index contributed by atoms with van der Waals surface area (Å²) in [7, 11) is 0. The van der Waals surface area contributed by atoms with Crippen molar-refractivity contribution >= 4 is 17.4 Å². The summed E-state index contributed by atoms with van der Waals surface area (Å²) in [6, 6.07) is 4.50. The van der Waals surface area contributed by atoms with Crippen LogP contribution in [0, 0.1) is 0 Å². The van der Waals surface area contributed by atoms with Crippen molar-refractivity contribution in [2.24, 2.45) is 0 Å². The third kappa shape index (κ3) is 3.73. The van der Waals surface area contributed by atoms with Crippen molar-refractivity contribution in [2.75, 3.05) is 0 Å². The van der Waals surface area contributed by atoms with Gasteiger partial charge in [0.2, 0.25) is 0 Å². The van der Waals surface area contributed by atoms with E-state index in [0.29, 0.717) is 6.04 Å². The Balaban J connectivity index is 1.76. The maximum atomic E-state index is 11.8. The van der Waals surface area contributed by atoms with Gasteiger partial charge in [-0.15, -0.1) is 11.3 Å². The van der Waals surface area contributed by atoms with Gasteiger partial charge in [0, 0.05) is 10.9 Å². The first-order valence-corrected chi connectivity index (χ1v) is 7.24. The molecule has 2 N–H and O–H groups in total. The minimum atomic E-state index is -0.0298. The van der Waals surface area contributed by atoms with Crippen molar-refractivity contribution in [3.8, 4) is 0 Å². The van der Waals surface area contributed by atoms with Crippen LogP contribution in [0.5, 0.6) is 0 Å². The van der Waals surface area contributed by atoms with Gasteiger partial charge in [-0.05, 0) is 31.2 Å². The predicted molar refractivity (Wildman–Crippen MR) is 71.3 cm³/mol. The van der Waals surface area contributed by atoms with Crippen LogP contribution in [-0.2, 0) is 0 Å². The number of amides is 2. The molecule has 1 aromatic rings. The Morgan fingerprint density at radius 1 is 1.41 bits per heavy atom. The molecule has 3 nitrogen and oxygen atoms in total. The maximum Gasteiger partial charge on any atom is 0.315 e. The Labute approximate surface area is 107 Å². The summed E-state index contributed by atoms with van der Waals surface area (Å²) in [6.07, 6.45) is 6.05. The molecule has 0 bridgehead atoms. The Kier molecular flexibility index (Phi) is 4.42. The summed E-state index contributed by atoms with van der Waals surface area (Å²) in [6.45, 7) is 2.02. The highest BCUT2D eigenvalue weighted by Crippen LogP contribution is 2.19. The molecule has 0 aromatic carbocycles. The fraction of sp³-hybridized carbons (Fsp3) is 0.615. The molecule has 0 aliphatic heterocycles. The van der Waals surface area contributed by atoms with Gasteiger partial charge in [0.15, 0.2) is 0 Å². The zero-order valence-electron chi connectivity index (χ0n) is 10.2. The molecule has 1 atom stereocenters. The molecule has 1 aromatic heterocycles. The van der Waals surface area contributed by atoms with E-state index in [4.69, 9.17) is 0 Å². The molecular formula is C13H20N2OS. The molecule has 1 aliphatic carbocycles. The predicted octanol–water partition coefficient (Wildman–Crippen LogP) is 3.44. The lowest BCUT2D eigenvalue weighted by molar-refractivity contribution is 0.230. The van der Waals surface area contributed by atoms with E-state index in [-0.39, 0.29) is 12.1 Å². The summed E-state index contributed by atoms with van der Waals surface area (Å²) in [5.41, 5.74) is 0. The van der Waals surface area contributed by atoms with Gasteiger partial charge >= 0.3 is 6.03 Å². The van der Waals surface area contributed by atoms with Gasteiger partial charge in [0.25, 0.3) is 0 Å². The molecule has 17 heavy (non-hydrogen) atoms. The first kappa shape index (κ1) is 12.4. The van der Waals surface area contributed by atoms with Crippen molar-refractivity contribution in [3.63, 3.8) is 0 Å². The normalized spacial score (nSPS) is 18.6. The molecule has 0 spiro atoms. The van der Waals surface area contributed by atoms with Gasteiger partial charge in [-0.3, -0.25) is 0 Å². The molecule has 2 amide bonds. The van der Waals surface area contributed by atoms with Crippen molar-refractivity contribution in [1.29, 1.82) is 0 Å². The fourth-order valence-corrected chi connectivity index (χ4v) is 3.01. The largest absolute Gasteiger partial charge is 0.335 e. The van der Waals surface area contributed by atoms with Crippen LogP contribution in [0.15, 0.2) is 17.5 Å². The van der Waals surface area contributed by atoms with Gasteiger partial charge in [0.05, 0.1) is 6.04 Å². The molecule has 1 saturated carbocycles. The molecular weight excluding hydrogens is 232 g/mol. The second kappa shape index (κ2) is 6.05. The number of carbonyl (C=O) groups excluding carboxylic acids is 1. The number of urea groups is 1. The Morgan fingerprint density at radius 2 is 2.18 bits per heavy atom. The number of hydrogen-bond acceptors (Lipinski definition) is 2. The Bertz CT molecular complexity index is 344. The molecule has 0 saturated heterocycles. The van der Waals surface area contributed by atoms with E-state index in [2.05, 4.69) is 16.7 Å². The van der Waals surface area contributed by atoms with E-state index in [1.54, 1.807) is 11.3 Å². The fourth-order valence-electron chi connectivity index (χ4n) is 2.28. The topological polar surface area (TPSA) is 41.1 Å². The number of hydrogen-bond donors (Lipinski definition) is 2. The lowest BCUT2D eigenvalue weighted by Crippen LogP contribution is -2.43. The minimum absolute atomic E-state index is 0.0298. The van der Waals surface area contributed by atoms with Gasteiger partial charge in [-0.2, -0.15) is 0 Å². The van der Waals surface area contributed by atoms with Crippen molar-refractivity contribution in [1.82, 2.24) is 10.6 Å². The van der Waals surface area contributed by atoms with Crippen LogP contribution in [0.3, 0.4) is 0 Å². The number of rotatable bonds is 3. The Morgan fingerprint density at radius 3 is 2.82 bits per heavy atom. The molecule has 4 heteroatoms. The standard InChI is InChI=1S/C13H20N2OS/c1-10(12-8-5-9-17-12)14-13(16)15-11-6-3-2-4-7-11/h5,8-11H,2-4,6-7H2,1H3,(H2,14,15,16). The lowest BCUT2D eigenvalue weighted by atomic mass is 9.96. The van der Waals surface area contributed by atoms with E-state index in [1.165, 1.54) is 24.1 Å². The zero-order chi connectivity index (χ0) is 12.1. The highest BCUT2D eigenvalue weighted by Gasteiger charge is 2.17. The summed E-state index contributed by atoms with van der Waals surface area (Å²) in [4.78, 5) is 13.0. The van der Waals surface area contributed by atoms with Crippen molar-refractivity contribution in [2.45, 2.75) is 51.1 Å². The second-order valence-electron chi connectivity index (χ2n) is 4.69. The SMILES string of the molecule is CC(NC(=O)NC1CCCCC1)c1cccs1. The maximum absolute atomic E-state index is 11.8. The van der Waals surface area contributed by atoms with Crippen LogP contribution in [0.1, 0.15) is 49.9 Å². The third-order valence-electron chi connectivity index (χ3n) is 3.26. The van der Waals surface area contributed by atoms with Crippen LogP contribution in [0.4, 0.5) is 4.79 Å². The monoisotopic (exact) mass is 252 g/mol. The minimum Gasteiger partial charge on any atom is -0.335 e. The van der Waals surface area contributed by atoms with Crippen LogP contribution >= 0.6 is 11.3 Å². The first-order chi connectivity index (χ1) is 8.25. The van der Waals surface area contributed by atoms with Crippen LogP contribution in [0.2, 0.25) is 0 Å². The van der Waals surface area contributed by atoms with Crippen LogP contribution in [0.25, 0.3) is 0 Å². The molecule has 2 rings (SSSR count). The molecule has 94 valence electrons. The molecule has 0 radical (unpaired) electrons. The molecule has 1 heterocycles. The highest BCUT2D eigenvalue weighted by atomic mass is 32.1. The van der Waals surface area contributed by atoms with Gasteiger partial charge < -0.3 is 10.6 Å². The van der Waals surface area contributed by atoms with E-state index >= 15 is 0 Å². The average Bonchev–Trinajstić information content (AvgIpc) is 2.83. The number of nitrogens with one attached hydrogen (secondary N) is 2. The average molecular weight is 252 g/mol. The van der Waals surface area contributed by atoms with Gasteiger partial charge in [0.1, 0.15) is 0 Å². The Hall–Kier alpha value is -1.03. The second-order valence-corrected chi connectivity index (χ2v) is 5.67. The van der Waals surface area contributed by atoms with Gasteiger partial charge in [-0.1, -0.05) is 25.3 Å². The summed E-state index contributed by atoms with van der Waals surface area (Å²) in [5, 5.41) is 8.09. The molecule has 1 fully saturated rings. The van der Waals surface area contributed by atoms with Gasteiger partial charge in [-0.25, -0.2) is 4.79 Å². The smallest absolute Gasteiger partial charge is 0.315 e. The number of thiophene rings is 1. The van der Waals surface area contributed by atoms with Crippen LogP contribution in [-0.4, -0.2) is 12.1 Å². The third-order valence-corrected chi connectivity index (χ3v) is 4.31. The quantitative estimate of drug-likeness (QED) is 0.850. The lowest BCUT2D eigenvalue weighted by Gasteiger charge is -2.24. The van der Waals surface area contributed by atoms with Crippen molar-refractivity contribution < 1.29 is 4.79 Å². The molecule has 1 aliphatic rings. The summed E-state index contributed by atoms with van der Waals surface area (Å²) >= 11 is 1.68. The number of carbonyl (C=O) groups is 1. The molecule has 1 unspecified atom stereocenters. The van der Waals surface area contributed by atoms with Crippen molar-refractivity contribution in [3.05, 3.63) is 22.4 Å². The first-order valence-electron chi connectivity index (χ1n) is 6.36. The van der Waals surface area contributed by atoms with Crippen LogP contribution < -0.4 is 10.6 Å². The summed E-state index contributed by atoms with van der Waals surface area (Å²) in [5.74, 6) is 0. The van der Waals surface area contributed by atoms with E-state index < -0.39 is 0 Å². The summed E-state index contributed by atoms with van der Waals surface area (Å²) < 4.78 is 0. The highest BCUT2D eigenvalue weighted by molar-refractivity contribution is 7.10. The van der Waals surface area contributed by atoms with E-state index in [1.807, 2.05) is 18.4 Å². The van der Waals surface area contributed by atoms with E-state index in [0.717, 1.165) is 12.8 Å². The zero-order valence-corrected chi connectivity index (χ0v) is 11.1.